The van der Waals surface area contributed by atoms with Crippen LogP contribution in [0.5, 0.6) is 5.06 Å². The largest absolute Gasteiger partial charge is 0.468 e. The number of esters is 1. The van der Waals surface area contributed by atoms with Gasteiger partial charge < -0.3 is 14.4 Å². The molecule has 2 fully saturated rings. The monoisotopic (exact) mass is 531 g/mol. The van der Waals surface area contributed by atoms with E-state index in [1.165, 1.54) is 55.4 Å². The molecule has 1 aromatic carbocycles. The third kappa shape index (κ3) is 5.57. The number of carbonyl (C=O) groups excluding carboxylic acids is 2. The molecule has 5 rings (SSSR count). The van der Waals surface area contributed by atoms with Gasteiger partial charge in [-0.25, -0.2) is 9.59 Å². The van der Waals surface area contributed by atoms with Gasteiger partial charge in [0.05, 0.1) is 7.11 Å². The van der Waals surface area contributed by atoms with E-state index < -0.39 is 6.04 Å². The lowest BCUT2D eigenvalue weighted by Crippen LogP contribution is -2.52. The Balaban J connectivity index is 1.21. The lowest BCUT2D eigenvalue weighted by molar-refractivity contribution is -0.147. The zero-order valence-electron chi connectivity index (χ0n) is 20.8. The van der Waals surface area contributed by atoms with E-state index in [0.717, 1.165) is 30.6 Å². The average Bonchev–Trinajstić information content (AvgIpc) is 3.32. The number of piperazine rings is 1. The lowest BCUT2D eigenvalue weighted by Gasteiger charge is -2.40. The normalized spacial score (nSPS) is 20.6. The van der Waals surface area contributed by atoms with Crippen molar-refractivity contribution in [3.8, 4) is 5.06 Å². The molecule has 1 amide bonds. The van der Waals surface area contributed by atoms with Crippen LogP contribution in [0.1, 0.15) is 54.1 Å². The molecule has 9 heteroatoms. The maximum atomic E-state index is 12.9. The number of hydrogen-bond acceptors (Lipinski definition) is 7. The molecule has 0 radical (unpaired) electrons. The highest BCUT2D eigenvalue weighted by molar-refractivity contribution is 7.14. The fraction of sp³-hybridized carbons (Fsp3) is 0.556. The van der Waals surface area contributed by atoms with E-state index in [9.17, 15) is 9.59 Å². The number of fused-ring (bicyclic) bond motifs is 1. The summed E-state index contributed by atoms with van der Waals surface area (Å²) < 4.78 is 10.9. The van der Waals surface area contributed by atoms with Gasteiger partial charge in [-0.3, -0.25) is 9.80 Å². The van der Waals surface area contributed by atoms with E-state index in [4.69, 9.17) is 21.1 Å². The molecule has 1 atom stereocenters. The van der Waals surface area contributed by atoms with Gasteiger partial charge in [-0.2, -0.15) is 0 Å². The number of carbonyl (C=O) groups is 2. The molecule has 3 aliphatic rings. The number of amides is 1. The van der Waals surface area contributed by atoms with Crippen molar-refractivity contribution in [3.05, 3.63) is 51.4 Å². The number of hydrogen-bond donors (Lipinski definition) is 0. The van der Waals surface area contributed by atoms with Crippen LogP contribution in [0.2, 0.25) is 5.02 Å². The Kier molecular flexibility index (Phi) is 8.15. The molecule has 1 saturated carbocycles. The van der Waals surface area contributed by atoms with Gasteiger partial charge in [0.25, 0.3) is 0 Å². The molecule has 1 saturated heterocycles. The highest BCUT2D eigenvalue weighted by atomic mass is 35.5. The highest BCUT2D eigenvalue weighted by Gasteiger charge is 2.34. The molecule has 2 aliphatic heterocycles. The average molecular weight is 532 g/mol. The van der Waals surface area contributed by atoms with Crippen LogP contribution < -0.4 is 4.74 Å². The number of thiophene rings is 1. The quantitative estimate of drug-likeness (QED) is 0.499. The number of halogens is 1. The second-order valence-electron chi connectivity index (χ2n) is 9.86. The molecule has 194 valence electrons. The Hall–Kier alpha value is -2.13. The van der Waals surface area contributed by atoms with Gasteiger partial charge in [-0.05, 0) is 42.5 Å². The van der Waals surface area contributed by atoms with E-state index in [1.807, 2.05) is 29.2 Å². The van der Waals surface area contributed by atoms with Crippen LogP contribution >= 0.6 is 22.9 Å². The smallest absolute Gasteiger partial charge is 0.416 e. The van der Waals surface area contributed by atoms with Crippen molar-refractivity contribution in [2.24, 2.45) is 0 Å². The topological polar surface area (TPSA) is 62.3 Å². The SMILES string of the molecule is COC(=O)[C@H](c1ccccc1Cl)N1CCc2sc(OC(=O)N3CCN(C4CCCCC4)CC3)cc2C1. The minimum atomic E-state index is -0.580. The predicted molar refractivity (Wildman–Crippen MR) is 141 cm³/mol. The minimum Gasteiger partial charge on any atom is -0.468 e. The molecule has 7 nitrogen and oxygen atoms in total. The third-order valence-corrected chi connectivity index (χ3v) is 9.17. The summed E-state index contributed by atoms with van der Waals surface area (Å²) >= 11 is 7.96. The molecule has 36 heavy (non-hydrogen) atoms. The summed E-state index contributed by atoms with van der Waals surface area (Å²) in [4.78, 5) is 33.3. The summed E-state index contributed by atoms with van der Waals surface area (Å²) in [6, 6.07) is 9.44. The van der Waals surface area contributed by atoms with Gasteiger partial charge >= 0.3 is 12.1 Å². The Morgan fingerprint density at radius 1 is 1.06 bits per heavy atom. The zero-order chi connectivity index (χ0) is 25.1. The molecule has 0 N–H and O–H groups in total. The summed E-state index contributed by atoms with van der Waals surface area (Å²) in [5.74, 6) is -0.333. The maximum Gasteiger partial charge on any atom is 0.416 e. The highest BCUT2D eigenvalue weighted by Crippen LogP contribution is 2.38. The second kappa shape index (κ2) is 11.5. The van der Waals surface area contributed by atoms with Crippen LogP contribution in [-0.2, 0) is 22.5 Å². The number of methoxy groups -OCH3 is 1. The summed E-state index contributed by atoms with van der Waals surface area (Å²) in [7, 11) is 1.40. The van der Waals surface area contributed by atoms with E-state index in [2.05, 4.69) is 9.80 Å². The van der Waals surface area contributed by atoms with Crippen LogP contribution in [0, 0.1) is 0 Å². The second-order valence-corrected chi connectivity index (χ2v) is 11.4. The van der Waals surface area contributed by atoms with E-state index in [0.29, 0.717) is 42.3 Å². The van der Waals surface area contributed by atoms with Crippen LogP contribution in [0.25, 0.3) is 0 Å². The standard InChI is InChI=1S/C27H34ClN3O4S/c1-34-26(32)25(21-9-5-6-10-22(21)28)31-12-11-23-19(18-31)17-24(36-23)35-27(33)30-15-13-29(14-16-30)20-7-3-2-4-8-20/h5-6,9-10,17,20,25H,2-4,7-8,11-16,18H2,1H3/t25-/m0/s1. The fourth-order valence-corrected chi connectivity index (χ4v) is 6.99. The first-order chi connectivity index (χ1) is 17.5. The van der Waals surface area contributed by atoms with Crippen LogP contribution in [0.15, 0.2) is 30.3 Å². The van der Waals surface area contributed by atoms with Crippen molar-refractivity contribution in [3.63, 3.8) is 0 Å². The van der Waals surface area contributed by atoms with Gasteiger partial charge in [0.1, 0.15) is 6.04 Å². The van der Waals surface area contributed by atoms with Crippen LogP contribution in [0.3, 0.4) is 0 Å². The van der Waals surface area contributed by atoms with Crippen LogP contribution in [-0.4, -0.2) is 72.6 Å². The van der Waals surface area contributed by atoms with Gasteiger partial charge in [-0.1, -0.05) is 49.1 Å². The minimum absolute atomic E-state index is 0.266. The van der Waals surface area contributed by atoms with Crippen molar-refractivity contribution in [1.29, 1.82) is 0 Å². The fourth-order valence-electron chi connectivity index (χ4n) is 5.75. The number of ether oxygens (including phenoxy) is 2. The maximum absolute atomic E-state index is 12.9. The Bertz CT molecular complexity index is 1080. The number of nitrogens with zero attached hydrogens (tertiary/aromatic N) is 3. The molecular formula is C27H34ClN3O4S. The molecular weight excluding hydrogens is 498 g/mol. The molecule has 2 aromatic rings. The molecule has 3 heterocycles. The van der Waals surface area contributed by atoms with Gasteiger partial charge in [0.15, 0.2) is 5.06 Å². The lowest BCUT2D eigenvalue weighted by atomic mass is 9.94. The van der Waals surface area contributed by atoms with E-state index in [-0.39, 0.29) is 12.1 Å². The molecule has 1 aliphatic carbocycles. The van der Waals surface area contributed by atoms with Crippen molar-refractivity contribution >= 4 is 35.0 Å². The van der Waals surface area contributed by atoms with Gasteiger partial charge in [0.2, 0.25) is 0 Å². The number of rotatable bonds is 5. The number of benzene rings is 1. The molecule has 0 spiro atoms. The zero-order valence-corrected chi connectivity index (χ0v) is 22.4. The third-order valence-electron chi connectivity index (χ3n) is 7.71. The van der Waals surface area contributed by atoms with Gasteiger partial charge in [-0.15, -0.1) is 11.3 Å². The van der Waals surface area contributed by atoms with Crippen molar-refractivity contribution in [1.82, 2.24) is 14.7 Å². The summed E-state index contributed by atoms with van der Waals surface area (Å²) in [5, 5.41) is 1.16. The summed E-state index contributed by atoms with van der Waals surface area (Å²) in [5.41, 5.74) is 1.82. The Morgan fingerprint density at radius 3 is 2.53 bits per heavy atom. The summed E-state index contributed by atoms with van der Waals surface area (Å²) in [6.07, 6.45) is 7.09. The van der Waals surface area contributed by atoms with Crippen molar-refractivity contribution in [2.75, 3.05) is 39.8 Å². The van der Waals surface area contributed by atoms with Gasteiger partial charge in [0, 0.05) is 55.2 Å². The van der Waals surface area contributed by atoms with Crippen LogP contribution in [0.4, 0.5) is 4.79 Å². The van der Waals surface area contributed by atoms with E-state index in [1.54, 1.807) is 6.07 Å². The predicted octanol–water partition coefficient (Wildman–Crippen LogP) is 5.12. The first kappa shape index (κ1) is 25.5. The molecule has 0 unspecified atom stereocenters. The molecule has 1 aromatic heterocycles. The molecule has 0 bridgehead atoms. The van der Waals surface area contributed by atoms with E-state index >= 15 is 0 Å². The first-order valence-electron chi connectivity index (χ1n) is 12.9. The summed E-state index contributed by atoms with van der Waals surface area (Å²) in [6.45, 7) is 4.53. The Labute approximate surface area is 221 Å². The van der Waals surface area contributed by atoms with Crippen molar-refractivity contribution in [2.45, 2.75) is 57.2 Å². The van der Waals surface area contributed by atoms with Crippen molar-refractivity contribution < 1.29 is 19.1 Å². The first-order valence-corrected chi connectivity index (χ1v) is 14.1. The Morgan fingerprint density at radius 2 is 1.81 bits per heavy atom.